The van der Waals surface area contributed by atoms with Crippen molar-refractivity contribution in [2.45, 2.75) is 12.8 Å². The van der Waals surface area contributed by atoms with Crippen molar-refractivity contribution in [3.8, 4) is 17.0 Å². The van der Waals surface area contributed by atoms with E-state index in [2.05, 4.69) is 4.98 Å². The Morgan fingerprint density at radius 2 is 1.83 bits per heavy atom. The molecule has 18 heavy (non-hydrogen) atoms. The van der Waals surface area contributed by atoms with Crippen LogP contribution >= 0.6 is 0 Å². The Labute approximate surface area is 105 Å². The standard InChI is InChI=1S/C15H13NO2/c1-18-11-4-2-10(3-5-11)13-7-6-12-14(16-13)8-9-15(12)17/h2-7H,8-9H2,1H3. The van der Waals surface area contributed by atoms with Gasteiger partial charge in [0.1, 0.15) is 5.75 Å². The maximum Gasteiger partial charge on any atom is 0.165 e. The molecule has 0 radical (unpaired) electrons. The summed E-state index contributed by atoms with van der Waals surface area (Å²) in [5.41, 5.74) is 3.66. The monoisotopic (exact) mass is 239 g/mol. The van der Waals surface area contributed by atoms with Gasteiger partial charge >= 0.3 is 0 Å². The molecule has 3 heteroatoms. The highest BCUT2D eigenvalue weighted by atomic mass is 16.5. The maximum absolute atomic E-state index is 11.5. The number of fused-ring (bicyclic) bond motifs is 1. The predicted molar refractivity (Wildman–Crippen MR) is 68.9 cm³/mol. The maximum atomic E-state index is 11.5. The summed E-state index contributed by atoms with van der Waals surface area (Å²) in [6.45, 7) is 0. The zero-order valence-electron chi connectivity index (χ0n) is 10.1. The largest absolute Gasteiger partial charge is 0.497 e. The van der Waals surface area contributed by atoms with E-state index in [0.29, 0.717) is 6.42 Å². The summed E-state index contributed by atoms with van der Waals surface area (Å²) in [4.78, 5) is 16.1. The molecule has 0 saturated heterocycles. The Bertz CT molecular complexity index is 602. The van der Waals surface area contributed by atoms with Gasteiger partial charge in [-0.3, -0.25) is 9.78 Å². The Kier molecular flexibility index (Phi) is 2.59. The minimum atomic E-state index is 0.207. The average Bonchev–Trinajstić information content (AvgIpc) is 2.80. The Hall–Kier alpha value is -2.16. The van der Waals surface area contributed by atoms with E-state index >= 15 is 0 Å². The molecule has 1 aliphatic rings. The molecule has 1 aromatic carbocycles. The number of carbonyl (C=O) groups is 1. The van der Waals surface area contributed by atoms with Gasteiger partial charge < -0.3 is 4.74 Å². The topological polar surface area (TPSA) is 39.2 Å². The van der Waals surface area contributed by atoms with Crippen molar-refractivity contribution >= 4 is 5.78 Å². The second-order valence-electron chi connectivity index (χ2n) is 4.34. The van der Waals surface area contributed by atoms with Crippen LogP contribution in [-0.2, 0) is 6.42 Å². The number of ketones is 1. The van der Waals surface area contributed by atoms with Gasteiger partial charge in [-0.1, -0.05) is 0 Å². The first-order valence-electron chi connectivity index (χ1n) is 5.95. The fourth-order valence-electron chi connectivity index (χ4n) is 2.23. The van der Waals surface area contributed by atoms with Gasteiger partial charge in [0, 0.05) is 17.5 Å². The van der Waals surface area contributed by atoms with Crippen molar-refractivity contribution in [1.82, 2.24) is 4.98 Å². The van der Waals surface area contributed by atoms with Crippen molar-refractivity contribution in [2.24, 2.45) is 0 Å². The Balaban J connectivity index is 1.99. The van der Waals surface area contributed by atoms with Crippen LogP contribution in [0, 0.1) is 0 Å². The van der Waals surface area contributed by atoms with Crippen LogP contribution in [0.4, 0.5) is 0 Å². The molecule has 3 nitrogen and oxygen atoms in total. The molecule has 1 heterocycles. The van der Waals surface area contributed by atoms with Crippen molar-refractivity contribution in [3.05, 3.63) is 47.7 Å². The fraction of sp³-hybridized carbons (Fsp3) is 0.200. The molecular formula is C15H13NO2. The highest BCUT2D eigenvalue weighted by Gasteiger charge is 2.20. The van der Waals surface area contributed by atoms with Crippen LogP contribution in [0.3, 0.4) is 0 Å². The number of rotatable bonds is 2. The minimum absolute atomic E-state index is 0.207. The molecule has 0 unspecified atom stereocenters. The summed E-state index contributed by atoms with van der Waals surface area (Å²) >= 11 is 0. The lowest BCUT2D eigenvalue weighted by Gasteiger charge is -2.05. The summed E-state index contributed by atoms with van der Waals surface area (Å²) in [7, 11) is 1.65. The molecule has 0 aliphatic heterocycles. The van der Waals surface area contributed by atoms with E-state index in [1.807, 2.05) is 36.4 Å². The fourth-order valence-corrected chi connectivity index (χ4v) is 2.23. The number of benzene rings is 1. The number of hydrogen-bond donors (Lipinski definition) is 0. The van der Waals surface area contributed by atoms with E-state index < -0.39 is 0 Å². The third kappa shape index (κ3) is 1.78. The van der Waals surface area contributed by atoms with Crippen LogP contribution in [0.2, 0.25) is 0 Å². The van der Waals surface area contributed by atoms with Crippen LogP contribution in [-0.4, -0.2) is 17.9 Å². The van der Waals surface area contributed by atoms with Gasteiger partial charge in [-0.15, -0.1) is 0 Å². The molecule has 0 spiro atoms. The lowest BCUT2D eigenvalue weighted by molar-refractivity contribution is 0.0994. The van der Waals surface area contributed by atoms with Crippen LogP contribution in [0.15, 0.2) is 36.4 Å². The smallest absolute Gasteiger partial charge is 0.165 e. The molecular weight excluding hydrogens is 226 g/mol. The van der Waals surface area contributed by atoms with Crippen LogP contribution < -0.4 is 4.74 Å². The number of aryl methyl sites for hydroxylation is 1. The molecule has 0 N–H and O–H groups in total. The Morgan fingerprint density at radius 3 is 2.56 bits per heavy atom. The van der Waals surface area contributed by atoms with Crippen LogP contribution in [0.1, 0.15) is 22.5 Å². The van der Waals surface area contributed by atoms with Crippen molar-refractivity contribution in [3.63, 3.8) is 0 Å². The molecule has 0 saturated carbocycles. The summed E-state index contributed by atoms with van der Waals surface area (Å²) in [6, 6.07) is 11.6. The van der Waals surface area contributed by atoms with E-state index in [1.165, 1.54) is 0 Å². The second kappa shape index (κ2) is 4.26. The van der Waals surface area contributed by atoms with Crippen LogP contribution in [0.25, 0.3) is 11.3 Å². The molecule has 0 atom stereocenters. The zero-order valence-corrected chi connectivity index (χ0v) is 10.1. The van der Waals surface area contributed by atoms with E-state index in [4.69, 9.17) is 4.74 Å². The van der Waals surface area contributed by atoms with Crippen molar-refractivity contribution in [2.75, 3.05) is 7.11 Å². The van der Waals surface area contributed by atoms with Gasteiger partial charge in [0.15, 0.2) is 5.78 Å². The third-order valence-corrected chi connectivity index (χ3v) is 3.25. The normalized spacial score (nSPS) is 13.5. The molecule has 1 aliphatic carbocycles. The first-order chi connectivity index (χ1) is 8.78. The van der Waals surface area contributed by atoms with Gasteiger partial charge in [-0.05, 0) is 42.8 Å². The van der Waals surface area contributed by atoms with E-state index in [1.54, 1.807) is 7.11 Å². The Morgan fingerprint density at radius 1 is 1.06 bits per heavy atom. The minimum Gasteiger partial charge on any atom is -0.497 e. The van der Waals surface area contributed by atoms with E-state index in [-0.39, 0.29) is 5.78 Å². The van der Waals surface area contributed by atoms with Gasteiger partial charge in [0.05, 0.1) is 18.5 Å². The van der Waals surface area contributed by atoms with E-state index in [9.17, 15) is 4.79 Å². The summed E-state index contributed by atoms with van der Waals surface area (Å²) in [5.74, 6) is 1.04. The molecule has 0 bridgehead atoms. The SMILES string of the molecule is COc1ccc(-c2ccc3c(n2)CCC3=O)cc1. The lowest BCUT2D eigenvalue weighted by atomic mass is 10.1. The molecule has 2 aromatic rings. The zero-order chi connectivity index (χ0) is 12.5. The first-order valence-corrected chi connectivity index (χ1v) is 5.95. The molecule has 1 aromatic heterocycles. The quantitative estimate of drug-likeness (QED) is 0.808. The number of nitrogens with zero attached hydrogens (tertiary/aromatic N) is 1. The molecule has 0 amide bonds. The van der Waals surface area contributed by atoms with Gasteiger partial charge in [-0.25, -0.2) is 0 Å². The van der Waals surface area contributed by atoms with Gasteiger partial charge in [-0.2, -0.15) is 0 Å². The number of methoxy groups -OCH3 is 1. The van der Waals surface area contributed by atoms with Crippen molar-refractivity contribution in [1.29, 1.82) is 0 Å². The number of carbonyl (C=O) groups excluding carboxylic acids is 1. The molecule has 90 valence electrons. The third-order valence-electron chi connectivity index (χ3n) is 3.25. The summed E-state index contributed by atoms with van der Waals surface area (Å²) in [5, 5.41) is 0. The summed E-state index contributed by atoms with van der Waals surface area (Å²) < 4.78 is 5.13. The lowest BCUT2D eigenvalue weighted by Crippen LogP contribution is -1.94. The number of hydrogen-bond acceptors (Lipinski definition) is 3. The number of aromatic nitrogens is 1. The summed E-state index contributed by atoms with van der Waals surface area (Å²) in [6.07, 6.45) is 1.35. The van der Waals surface area contributed by atoms with Gasteiger partial charge in [0.2, 0.25) is 0 Å². The molecule has 0 fully saturated rings. The predicted octanol–water partition coefficient (Wildman–Crippen LogP) is 2.89. The molecule has 3 rings (SSSR count). The van der Waals surface area contributed by atoms with Crippen LogP contribution in [0.5, 0.6) is 5.75 Å². The highest BCUT2D eigenvalue weighted by molar-refractivity contribution is 6.00. The number of Topliss-reactive ketones (excluding diaryl/α,β-unsaturated/α-hetero) is 1. The van der Waals surface area contributed by atoms with Gasteiger partial charge in [0.25, 0.3) is 0 Å². The first kappa shape index (κ1) is 11.0. The van der Waals surface area contributed by atoms with Crippen molar-refractivity contribution < 1.29 is 9.53 Å². The highest BCUT2D eigenvalue weighted by Crippen LogP contribution is 2.25. The second-order valence-corrected chi connectivity index (χ2v) is 4.34. The number of ether oxygens (including phenoxy) is 1. The van der Waals surface area contributed by atoms with E-state index in [0.717, 1.165) is 34.7 Å². The number of pyridine rings is 1. The average molecular weight is 239 g/mol.